The van der Waals surface area contributed by atoms with Crippen molar-refractivity contribution in [3.05, 3.63) is 50.8 Å². The molecule has 0 aliphatic carbocycles. The van der Waals surface area contributed by atoms with Crippen molar-refractivity contribution in [2.75, 3.05) is 11.9 Å². The molecule has 1 aliphatic heterocycles. The van der Waals surface area contributed by atoms with Crippen LogP contribution in [0.1, 0.15) is 23.3 Å². The SMILES string of the molecule is Cc1ccc(-c2nn(-c3cc(Cl)cc(Cl)c3)c3c2CCCCN3)s1. The van der Waals surface area contributed by atoms with Gasteiger partial charge in [0.1, 0.15) is 11.5 Å². The summed E-state index contributed by atoms with van der Waals surface area (Å²) in [6.07, 6.45) is 3.36. The third-order valence-corrected chi connectivity index (χ3v) is 5.64. The van der Waals surface area contributed by atoms with Crippen LogP contribution in [-0.4, -0.2) is 16.3 Å². The van der Waals surface area contributed by atoms with Gasteiger partial charge in [-0.05, 0) is 56.5 Å². The Kier molecular flexibility index (Phi) is 4.29. The Hall–Kier alpha value is -1.49. The number of nitrogens with zero attached hydrogens (tertiary/aromatic N) is 2. The predicted octanol–water partition coefficient (Wildman–Crippen LogP) is 5.96. The van der Waals surface area contributed by atoms with Crippen molar-refractivity contribution < 1.29 is 0 Å². The summed E-state index contributed by atoms with van der Waals surface area (Å²) in [5.74, 6) is 1.06. The fourth-order valence-corrected chi connectivity index (χ4v) is 4.50. The molecule has 0 saturated heterocycles. The summed E-state index contributed by atoms with van der Waals surface area (Å²) in [5.41, 5.74) is 3.23. The molecule has 0 unspecified atom stereocenters. The highest BCUT2D eigenvalue weighted by Crippen LogP contribution is 2.37. The Morgan fingerprint density at radius 2 is 1.92 bits per heavy atom. The second-order valence-electron chi connectivity index (χ2n) is 6.01. The number of benzene rings is 1. The third kappa shape index (κ3) is 2.94. The molecule has 0 radical (unpaired) electrons. The molecule has 4 rings (SSSR count). The van der Waals surface area contributed by atoms with E-state index in [1.165, 1.54) is 21.7 Å². The van der Waals surface area contributed by atoms with E-state index < -0.39 is 0 Å². The molecule has 0 amide bonds. The highest BCUT2D eigenvalue weighted by Gasteiger charge is 2.22. The van der Waals surface area contributed by atoms with Gasteiger partial charge in [-0.15, -0.1) is 11.3 Å². The van der Waals surface area contributed by atoms with Gasteiger partial charge in [0.2, 0.25) is 0 Å². The molecule has 124 valence electrons. The van der Waals surface area contributed by atoms with Crippen molar-refractivity contribution in [3.63, 3.8) is 0 Å². The van der Waals surface area contributed by atoms with Gasteiger partial charge in [-0.1, -0.05) is 23.2 Å². The van der Waals surface area contributed by atoms with Gasteiger partial charge < -0.3 is 5.32 Å². The molecule has 6 heteroatoms. The Morgan fingerprint density at radius 1 is 1.12 bits per heavy atom. The lowest BCUT2D eigenvalue weighted by Crippen LogP contribution is -2.07. The molecule has 0 saturated carbocycles. The predicted molar refractivity (Wildman–Crippen MR) is 103 cm³/mol. The highest BCUT2D eigenvalue weighted by molar-refractivity contribution is 7.15. The minimum absolute atomic E-state index is 0.615. The number of fused-ring (bicyclic) bond motifs is 1. The lowest BCUT2D eigenvalue weighted by Gasteiger charge is -2.10. The Labute approximate surface area is 155 Å². The molecular formula is C18H17Cl2N3S. The van der Waals surface area contributed by atoms with E-state index in [1.54, 1.807) is 17.4 Å². The average molecular weight is 378 g/mol. The number of aromatic nitrogens is 2. The first-order chi connectivity index (χ1) is 11.6. The standard InChI is InChI=1S/C18H17Cl2N3S/c1-11-5-6-16(24-11)17-15-4-2-3-7-21-18(15)23(22-17)14-9-12(19)8-13(20)10-14/h5-6,8-10,21H,2-4,7H2,1H3. The van der Waals surface area contributed by atoms with Crippen LogP contribution in [-0.2, 0) is 6.42 Å². The number of anilines is 1. The van der Waals surface area contributed by atoms with Crippen molar-refractivity contribution in [1.29, 1.82) is 0 Å². The number of hydrogen-bond donors (Lipinski definition) is 1. The van der Waals surface area contributed by atoms with E-state index in [1.807, 2.05) is 16.8 Å². The van der Waals surface area contributed by atoms with Crippen LogP contribution in [0.25, 0.3) is 16.3 Å². The van der Waals surface area contributed by atoms with Crippen LogP contribution >= 0.6 is 34.5 Å². The quantitative estimate of drug-likeness (QED) is 0.596. The molecule has 3 heterocycles. The van der Waals surface area contributed by atoms with E-state index in [2.05, 4.69) is 24.4 Å². The van der Waals surface area contributed by atoms with Crippen molar-refractivity contribution in [1.82, 2.24) is 9.78 Å². The lowest BCUT2D eigenvalue weighted by molar-refractivity contribution is 0.780. The maximum Gasteiger partial charge on any atom is 0.133 e. The van der Waals surface area contributed by atoms with E-state index >= 15 is 0 Å². The van der Waals surface area contributed by atoms with E-state index in [0.717, 1.165) is 36.6 Å². The molecule has 0 atom stereocenters. The van der Waals surface area contributed by atoms with Gasteiger partial charge in [-0.3, -0.25) is 0 Å². The fraction of sp³-hybridized carbons (Fsp3) is 0.278. The van der Waals surface area contributed by atoms with Crippen LogP contribution in [0.5, 0.6) is 0 Å². The van der Waals surface area contributed by atoms with Crippen molar-refractivity contribution in [3.8, 4) is 16.3 Å². The molecule has 1 N–H and O–H groups in total. The molecule has 3 aromatic rings. The maximum atomic E-state index is 6.20. The molecule has 3 nitrogen and oxygen atoms in total. The first-order valence-corrected chi connectivity index (χ1v) is 9.58. The first kappa shape index (κ1) is 16.0. The van der Waals surface area contributed by atoms with Gasteiger partial charge >= 0.3 is 0 Å². The third-order valence-electron chi connectivity index (χ3n) is 4.20. The van der Waals surface area contributed by atoms with Crippen LogP contribution in [0.2, 0.25) is 10.0 Å². The molecule has 24 heavy (non-hydrogen) atoms. The van der Waals surface area contributed by atoms with Crippen LogP contribution in [0.15, 0.2) is 30.3 Å². The molecule has 0 spiro atoms. The summed E-state index contributed by atoms with van der Waals surface area (Å²) in [6, 6.07) is 9.84. The summed E-state index contributed by atoms with van der Waals surface area (Å²) in [6.45, 7) is 3.08. The molecule has 1 aromatic carbocycles. The van der Waals surface area contributed by atoms with E-state index in [9.17, 15) is 0 Å². The average Bonchev–Trinajstić information content (AvgIpc) is 3.02. The van der Waals surface area contributed by atoms with Crippen molar-refractivity contribution in [2.24, 2.45) is 0 Å². The number of rotatable bonds is 2. The van der Waals surface area contributed by atoms with E-state index in [0.29, 0.717) is 10.0 Å². The van der Waals surface area contributed by atoms with Crippen molar-refractivity contribution in [2.45, 2.75) is 26.2 Å². The lowest BCUT2D eigenvalue weighted by atomic mass is 10.1. The zero-order valence-corrected chi connectivity index (χ0v) is 15.6. The van der Waals surface area contributed by atoms with Gasteiger partial charge in [0.15, 0.2) is 0 Å². The van der Waals surface area contributed by atoms with Gasteiger partial charge in [-0.2, -0.15) is 5.10 Å². The monoisotopic (exact) mass is 377 g/mol. The molecule has 1 aliphatic rings. The number of thiophene rings is 1. The van der Waals surface area contributed by atoms with Crippen LogP contribution in [0.3, 0.4) is 0 Å². The minimum atomic E-state index is 0.615. The second-order valence-corrected chi connectivity index (χ2v) is 8.17. The van der Waals surface area contributed by atoms with E-state index in [4.69, 9.17) is 28.3 Å². The van der Waals surface area contributed by atoms with Crippen LogP contribution in [0.4, 0.5) is 5.82 Å². The first-order valence-electron chi connectivity index (χ1n) is 8.01. The topological polar surface area (TPSA) is 29.9 Å². The molecule has 0 bridgehead atoms. The fourth-order valence-electron chi connectivity index (χ4n) is 3.11. The summed E-state index contributed by atoms with van der Waals surface area (Å²) < 4.78 is 1.95. The Morgan fingerprint density at radius 3 is 2.62 bits per heavy atom. The summed E-state index contributed by atoms with van der Waals surface area (Å²) in [4.78, 5) is 2.50. The number of hydrogen-bond acceptors (Lipinski definition) is 3. The van der Waals surface area contributed by atoms with Gasteiger partial charge in [0, 0.05) is 27.0 Å². The van der Waals surface area contributed by atoms with Gasteiger partial charge in [0.25, 0.3) is 0 Å². The normalized spacial score (nSPS) is 14.1. The summed E-state index contributed by atoms with van der Waals surface area (Å²) in [5, 5.41) is 9.69. The largest absolute Gasteiger partial charge is 0.370 e. The number of aryl methyl sites for hydroxylation is 1. The summed E-state index contributed by atoms with van der Waals surface area (Å²) in [7, 11) is 0. The smallest absolute Gasteiger partial charge is 0.133 e. The number of nitrogens with one attached hydrogen (secondary N) is 1. The molecule has 0 fully saturated rings. The zero-order valence-electron chi connectivity index (χ0n) is 13.3. The molecular weight excluding hydrogens is 361 g/mol. The Bertz CT molecular complexity index is 878. The van der Waals surface area contributed by atoms with Crippen molar-refractivity contribution >= 4 is 40.4 Å². The second kappa shape index (κ2) is 6.43. The maximum absolute atomic E-state index is 6.20. The van der Waals surface area contributed by atoms with Crippen LogP contribution in [0, 0.1) is 6.92 Å². The number of halogens is 2. The van der Waals surface area contributed by atoms with E-state index in [-0.39, 0.29) is 0 Å². The van der Waals surface area contributed by atoms with Crippen LogP contribution < -0.4 is 5.32 Å². The highest BCUT2D eigenvalue weighted by atomic mass is 35.5. The van der Waals surface area contributed by atoms with Gasteiger partial charge in [-0.25, -0.2) is 4.68 Å². The minimum Gasteiger partial charge on any atom is -0.370 e. The Balaban J connectivity index is 1.92. The molecule has 2 aromatic heterocycles. The summed E-state index contributed by atoms with van der Waals surface area (Å²) >= 11 is 14.2. The van der Waals surface area contributed by atoms with Gasteiger partial charge in [0.05, 0.1) is 10.6 Å². The zero-order chi connectivity index (χ0) is 16.7.